The lowest BCUT2D eigenvalue weighted by Crippen LogP contribution is -2.29. The quantitative estimate of drug-likeness (QED) is 0.231. The van der Waals surface area contributed by atoms with Gasteiger partial charge in [-0.05, 0) is 114 Å². The fraction of sp³-hybridized carbons (Fsp3) is 0.150. The van der Waals surface area contributed by atoms with Gasteiger partial charge in [-0.15, -0.1) is 0 Å². The molecule has 0 heterocycles. The summed E-state index contributed by atoms with van der Waals surface area (Å²) in [5.74, 6) is -2.81. The first-order valence-electron chi connectivity index (χ1n) is 8.56. The molecule has 2 rings (SSSR count). The number of benzene rings is 2. The van der Waals surface area contributed by atoms with Crippen molar-refractivity contribution in [1.82, 2.24) is 0 Å². The highest BCUT2D eigenvalue weighted by Gasteiger charge is 2.22. The van der Waals surface area contributed by atoms with E-state index in [1.165, 1.54) is 12.1 Å². The fourth-order valence-corrected chi connectivity index (χ4v) is 7.11. The van der Waals surface area contributed by atoms with E-state index in [1.807, 2.05) is 90.4 Å². The second-order valence-electron chi connectivity index (χ2n) is 5.89. The number of phenolic OH excluding ortho intramolecular Hbond substituents is 1. The lowest BCUT2D eigenvalue weighted by Gasteiger charge is -2.15. The number of hydrogen-bond acceptors (Lipinski definition) is 8. The minimum Gasteiger partial charge on any atom is -0.546 e. The summed E-state index contributed by atoms with van der Waals surface area (Å²) in [7, 11) is 0. The Labute approximate surface area is 237 Å². The van der Waals surface area contributed by atoms with Crippen LogP contribution in [0.15, 0.2) is 24.8 Å². The van der Waals surface area contributed by atoms with Crippen LogP contribution in [0.5, 0.6) is 11.5 Å². The maximum absolute atomic E-state index is 12.6. The maximum Gasteiger partial charge on any atom is 0.342 e. The van der Waals surface area contributed by atoms with Crippen LogP contribution in [0.4, 0.5) is 0 Å². The summed E-state index contributed by atoms with van der Waals surface area (Å²) in [4.78, 5) is 35.6. The predicted octanol–water partition coefficient (Wildman–Crippen LogP) is 3.60. The van der Waals surface area contributed by atoms with Crippen molar-refractivity contribution in [1.29, 1.82) is 0 Å². The molecule has 0 aliphatic heterocycles. The van der Waals surface area contributed by atoms with Crippen molar-refractivity contribution in [3.8, 4) is 11.5 Å². The van der Waals surface area contributed by atoms with Crippen molar-refractivity contribution < 1.29 is 38.8 Å². The maximum atomic E-state index is 12.6. The molecule has 8 nitrogen and oxygen atoms in total. The van der Waals surface area contributed by atoms with Crippen molar-refractivity contribution >= 4 is 114 Å². The molecule has 0 unspecified atom stereocenters. The predicted molar refractivity (Wildman–Crippen MR) is 147 cm³/mol. The Kier molecular flexibility index (Phi) is 10.7. The number of carboxylic acids is 1. The first kappa shape index (κ1) is 27.4. The van der Waals surface area contributed by atoms with E-state index in [0.29, 0.717) is 19.8 Å². The Balaban J connectivity index is 2.04. The van der Waals surface area contributed by atoms with Crippen molar-refractivity contribution in [2.75, 3.05) is 19.8 Å². The van der Waals surface area contributed by atoms with Gasteiger partial charge in [0, 0.05) is 3.57 Å². The van der Waals surface area contributed by atoms with Gasteiger partial charge in [0.15, 0.2) is 0 Å². The van der Waals surface area contributed by atoms with Gasteiger partial charge in [-0.3, -0.25) is 0 Å². The monoisotopic (exact) mass is 889 g/mol. The molecule has 0 bridgehead atoms. The minimum absolute atomic E-state index is 0.0189. The number of phenols is 1. The molecule has 12 heteroatoms. The van der Waals surface area contributed by atoms with Gasteiger partial charge in [-0.2, -0.15) is 0 Å². The van der Waals surface area contributed by atoms with E-state index < -0.39 is 24.5 Å². The lowest BCUT2D eigenvalue weighted by atomic mass is 10.1. The van der Waals surface area contributed by atoms with Crippen LogP contribution in [-0.2, 0) is 14.3 Å². The molecule has 1 N–H and O–H groups in total. The summed E-state index contributed by atoms with van der Waals surface area (Å²) in [6, 6.07) is 4.77. The molecule has 170 valence electrons. The molecule has 0 saturated carbocycles. The smallest absolute Gasteiger partial charge is 0.342 e. The summed E-state index contributed by atoms with van der Waals surface area (Å²) in [5, 5.41) is 20.8. The highest BCUT2D eigenvalue weighted by atomic mass is 127. The van der Waals surface area contributed by atoms with Gasteiger partial charge in [0.2, 0.25) is 0 Å². The number of rotatable bonds is 9. The van der Waals surface area contributed by atoms with Crippen LogP contribution in [0.25, 0.3) is 6.08 Å². The van der Waals surface area contributed by atoms with E-state index in [2.05, 4.69) is 6.58 Å². The second-order valence-corrected chi connectivity index (χ2v) is 10.5. The molecule has 0 saturated heterocycles. The average Bonchev–Trinajstić information content (AvgIpc) is 2.72. The number of carbonyl (C=O) groups excluding carboxylic acids is 3. The van der Waals surface area contributed by atoms with Gasteiger partial charge in [0.1, 0.15) is 36.9 Å². The van der Waals surface area contributed by atoms with E-state index in [-0.39, 0.29) is 35.8 Å². The largest absolute Gasteiger partial charge is 0.546 e. The normalized spacial score (nSPS) is 10.4. The van der Waals surface area contributed by atoms with E-state index >= 15 is 0 Å². The van der Waals surface area contributed by atoms with Crippen LogP contribution < -0.4 is 9.84 Å². The van der Waals surface area contributed by atoms with Gasteiger partial charge in [0.05, 0.1) is 22.2 Å². The zero-order valence-corrected chi connectivity index (χ0v) is 24.6. The molecular formula is C20H13I4O8-. The molecule has 0 fully saturated rings. The standard InChI is InChI=1S/C20H14I4O8/c1-2-9-5-10(17(27)12(22)6-9)19(28)30-3-4-31-20(29)15-11(21)7-13(23)18(16(15)24)32-8-14(25)26/h2,5-7,27H,1,3-4,8H2,(H,25,26)/p-1. The Morgan fingerprint density at radius 1 is 0.969 bits per heavy atom. The van der Waals surface area contributed by atoms with E-state index in [0.717, 1.165) is 0 Å². The van der Waals surface area contributed by atoms with Gasteiger partial charge >= 0.3 is 11.9 Å². The fourth-order valence-electron chi connectivity index (χ4n) is 2.33. The Morgan fingerprint density at radius 2 is 1.59 bits per heavy atom. The van der Waals surface area contributed by atoms with Crippen molar-refractivity contribution in [2.45, 2.75) is 0 Å². The summed E-state index contributed by atoms with van der Waals surface area (Å²) in [5.41, 5.74) is 0.830. The van der Waals surface area contributed by atoms with E-state index in [9.17, 15) is 24.6 Å². The topological polar surface area (TPSA) is 122 Å². The van der Waals surface area contributed by atoms with E-state index in [1.54, 1.807) is 12.1 Å². The second kappa shape index (κ2) is 12.5. The number of carbonyl (C=O) groups is 3. The summed E-state index contributed by atoms with van der Waals surface area (Å²) < 4.78 is 17.6. The highest BCUT2D eigenvalue weighted by molar-refractivity contribution is 14.1. The van der Waals surface area contributed by atoms with E-state index in [4.69, 9.17) is 14.2 Å². The highest BCUT2D eigenvalue weighted by Crippen LogP contribution is 2.34. The van der Waals surface area contributed by atoms with Crippen LogP contribution in [-0.4, -0.2) is 42.8 Å². The number of aromatic hydroxyl groups is 1. The van der Waals surface area contributed by atoms with Gasteiger partial charge < -0.3 is 29.2 Å². The number of hydrogen-bond donors (Lipinski definition) is 1. The summed E-state index contributed by atoms with van der Waals surface area (Å²) >= 11 is 7.70. The number of esters is 2. The van der Waals surface area contributed by atoms with Gasteiger partial charge in [0.25, 0.3) is 0 Å². The molecule has 0 atom stereocenters. The molecule has 0 aliphatic carbocycles. The Morgan fingerprint density at radius 3 is 2.19 bits per heavy atom. The van der Waals surface area contributed by atoms with Crippen LogP contribution >= 0.6 is 90.4 Å². The zero-order valence-electron chi connectivity index (χ0n) is 16.0. The third-order valence-corrected chi connectivity index (χ3v) is 7.26. The van der Waals surface area contributed by atoms with Gasteiger partial charge in [-0.1, -0.05) is 12.7 Å². The minimum atomic E-state index is -1.39. The molecule has 2 aromatic rings. The SMILES string of the molecule is C=Cc1cc(I)c(O)c(C(=O)OCCOC(=O)c2c(I)cc(I)c(OCC(=O)[O-])c2I)c1. The Hall–Kier alpha value is -0.890. The molecular weight excluding hydrogens is 876 g/mol. The zero-order chi connectivity index (χ0) is 24.0. The number of halogens is 4. The molecule has 0 amide bonds. The first-order valence-corrected chi connectivity index (χ1v) is 12.9. The average molecular weight is 889 g/mol. The van der Waals surface area contributed by atoms with Crippen molar-refractivity contribution in [3.63, 3.8) is 0 Å². The van der Waals surface area contributed by atoms with Crippen LogP contribution in [0.3, 0.4) is 0 Å². The third-order valence-electron chi connectivity index (χ3n) is 3.76. The summed E-state index contributed by atoms with van der Waals surface area (Å²) in [6.45, 7) is 2.52. The molecule has 0 aliphatic rings. The van der Waals surface area contributed by atoms with Crippen molar-refractivity contribution in [2.24, 2.45) is 0 Å². The Bertz CT molecular complexity index is 1080. The summed E-state index contributed by atoms with van der Waals surface area (Å²) in [6.07, 6.45) is 1.54. The van der Waals surface area contributed by atoms with Crippen molar-refractivity contribution in [3.05, 3.63) is 55.7 Å². The number of carboxylic acid groups (broad SMARTS) is 1. The third kappa shape index (κ3) is 7.05. The number of aliphatic carboxylic acids is 1. The van der Waals surface area contributed by atoms with Crippen LogP contribution in [0, 0.1) is 14.3 Å². The molecule has 0 aromatic heterocycles. The molecule has 32 heavy (non-hydrogen) atoms. The molecule has 0 radical (unpaired) electrons. The number of ether oxygens (including phenoxy) is 3. The van der Waals surface area contributed by atoms with Gasteiger partial charge in [-0.25, -0.2) is 9.59 Å². The van der Waals surface area contributed by atoms with Crippen LogP contribution in [0.1, 0.15) is 26.3 Å². The first-order chi connectivity index (χ1) is 15.1. The lowest BCUT2D eigenvalue weighted by molar-refractivity contribution is -0.307. The molecule has 0 spiro atoms. The molecule has 2 aromatic carbocycles. The van der Waals surface area contributed by atoms with Crippen LogP contribution in [0.2, 0.25) is 0 Å².